The average molecular weight is 665 g/mol. The Labute approximate surface area is 290 Å². The van der Waals surface area contributed by atoms with Crippen LogP contribution in [0.15, 0.2) is 121 Å². The Morgan fingerprint density at radius 3 is 1.69 bits per heavy atom. The summed E-state index contributed by atoms with van der Waals surface area (Å²) in [5, 5.41) is 0. The minimum atomic E-state index is -0.914. The smallest absolute Gasteiger partial charge is 0.190 e. The Bertz CT molecular complexity index is 1600. The molecule has 7 nitrogen and oxygen atoms in total. The SMILES string of the molecule is CC1(C)O[C@H]2O[C@@H]3C[C@H](OCc4ccccc4)[C@@](C)(COCc4ccccc4)[C@@H](COCc4ccccc4)[C@]3(OCc3ccccc3)[C@H]2O1. The molecule has 3 fully saturated rings. The van der Waals surface area contributed by atoms with E-state index in [0.29, 0.717) is 46.1 Å². The van der Waals surface area contributed by atoms with Gasteiger partial charge in [-0.25, -0.2) is 0 Å². The zero-order valence-corrected chi connectivity index (χ0v) is 28.7. The number of hydrogen-bond donors (Lipinski definition) is 0. The van der Waals surface area contributed by atoms with Crippen molar-refractivity contribution in [2.24, 2.45) is 11.3 Å². The van der Waals surface area contributed by atoms with Gasteiger partial charge in [-0.15, -0.1) is 0 Å². The van der Waals surface area contributed by atoms with Gasteiger partial charge >= 0.3 is 0 Å². The van der Waals surface area contributed by atoms with Crippen molar-refractivity contribution in [2.45, 2.75) is 89.6 Å². The Morgan fingerprint density at radius 2 is 1.12 bits per heavy atom. The van der Waals surface area contributed by atoms with E-state index in [0.717, 1.165) is 22.3 Å². The van der Waals surface area contributed by atoms with Gasteiger partial charge in [0.05, 0.1) is 51.8 Å². The van der Waals surface area contributed by atoms with E-state index in [2.05, 4.69) is 55.5 Å². The molecule has 1 saturated carbocycles. The van der Waals surface area contributed by atoms with E-state index >= 15 is 0 Å². The van der Waals surface area contributed by atoms with Crippen molar-refractivity contribution in [1.29, 1.82) is 0 Å². The maximum absolute atomic E-state index is 7.25. The molecule has 4 aromatic carbocycles. The van der Waals surface area contributed by atoms with Gasteiger partial charge < -0.3 is 33.2 Å². The average Bonchev–Trinajstić information content (AvgIpc) is 3.58. The quantitative estimate of drug-likeness (QED) is 0.136. The summed E-state index contributed by atoms with van der Waals surface area (Å²) in [5.41, 5.74) is 2.93. The second-order valence-corrected chi connectivity index (χ2v) is 14.2. The predicted molar refractivity (Wildman–Crippen MR) is 186 cm³/mol. The number of rotatable bonds is 14. The summed E-state index contributed by atoms with van der Waals surface area (Å²) in [5.74, 6) is -1.09. The standard InChI is InChI=1S/C42H48O7/c1-40(2)48-38-39(49-40)47-37-24-36(45-27-33-20-12-6-13-21-33)41(3,30-44-26-32-18-10-5-11-19-32)35(29-43-25-31-16-8-4-9-17-31)42(37,38)46-28-34-22-14-7-15-23-34/h4-23,35-39H,24-30H2,1-3H3/t35-,36+,37-,38+,39-,41+,42-/m1/s1. The lowest BCUT2D eigenvalue weighted by Crippen LogP contribution is -2.69. The molecule has 0 spiro atoms. The third-order valence-corrected chi connectivity index (χ3v) is 10.4. The minimum Gasteiger partial charge on any atom is -0.376 e. The van der Waals surface area contributed by atoms with Crippen molar-refractivity contribution in [1.82, 2.24) is 0 Å². The number of hydrogen-bond acceptors (Lipinski definition) is 7. The van der Waals surface area contributed by atoms with E-state index in [1.807, 2.05) is 86.6 Å². The normalized spacial score (nSPS) is 30.1. The molecular formula is C42H48O7. The molecule has 7 heteroatoms. The first kappa shape index (κ1) is 34.1. The molecule has 0 unspecified atom stereocenters. The van der Waals surface area contributed by atoms with E-state index in [1.165, 1.54) is 0 Å². The second kappa shape index (κ2) is 14.8. The molecule has 7 rings (SSSR count). The van der Waals surface area contributed by atoms with Crippen LogP contribution >= 0.6 is 0 Å². The summed E-state index contributed by atoms with van der Waals surface area (Å²) in [4.78, 5) is 0. The molecular weight excluding hydrogens is 616 g/mol. The van der Waals surface area contributed by atoms with Crippen LogP contribution in [-0.2, 0) is 59.6 Å². The van der Waals surface area contributed by atoms with Crippen LogP contribution in [0.25, 0.3) is 0 Å². The van der Waals surface area contributed by atoms with Crippen molar-refractivity contribution in [3.05, 3.63) is 144 Å². The summed E-state index contributed by atoms with van der Waals surface area (Å²) in [6.45, 7) is 8.74. The van der Waals surface area contributed by atoms with Gasteiger partial charge in [-0.3, -0.25) is 0 Å². The molecule has 7 atom stereocenters. The van der Waals surface area contributed by atoms with Crippen LogP contribution in [0.3, 0.4) is 0 Å². The molecule has 1 aliphatic carbocycles. The van der Waals surface area contributed by atoms with Crippen molar-refractivity contribution < 1.29 is 33.2 Å². The molecule has 0 N–H and O–H groups in total. The summed E-state index contributed by atoms with van der Waals surface area (Å²) in [6, 6.07) is 41.1. The third-order valence-electron chi connectivity index (χ3n) is 10.4. The molecule has 258 valence electrons. The zero-order chi connectivity index (χ0) is 33.7. The lowest BCUT2D eigenvalue weighted by Gasteiger charge is -2.57. The fourth-order valence-electron chi connectivity index (χ4n) is 7.89. The highest BCUT2D eigenvalue weighted by Gasteiger charge is 2.73. The summed E-state index contributed by atoms with van der Waals surface area (Å²) >= 11 is 0. The van der Waals surface area contributed by atoms with Crippen LogP contribution in [0.5, 0.6) is 0 Å². The van der Waals surface area contributed by atoms with Crippen LogP contribution in [0.4, 0.5) is 0 Å². The van der Waals surface area contributed by atoms with E-state index in [1.54, 1.807) is 0 Å². The summed E-state index contributed by atoms with van der Waals surface area (Å²) < 4.78 is 47.4. The molecule has 0 bridgehead atoms. The fraction of sp³-hybridized carbons (Fsp3) is 0.429. The van der Waals surface area contributed by atoms with Gasteiger partial charge in [-0.1, -0.05) is 128 Å². The molecule has 0 aromatic heterocycles. The largest absolute Gasteiger partial charge is 0.376 e. The van der Waals surface area contributed by atoms with Crippen molar-refractivity contribution in [2.75, 3.05) is 13.2 Å². The highest BCUT2D eigenvalue weighted by atomic mass is 16.8. The van der Waals surface area contributed by atoms with Gasteiger partial charge in [-0.2, -0.15) is 0 Å². The third kappa shape index (κ3) is 7.40. The monoisotopic (exact) mass is 664 g/mol. The summed E-state index contributed by atoms with van der Waals surface area (Å²) in [6.07, 6.45) is -1.09. The minimum absolute atomic E-state index is 0.237. The first-order chi connectivity index (χ1) is 23.9. The van der Waals surface area contributed by atoms with E-state index in [-0.39, 0.29) is 18.1 Å². The number of benzene rings is 4. The zero-order valence-electron chi connectivity index (χ0n) is 28.7. The van der Waals surface area contributed by atoms with Gasteiger partial charge in [0.1, 0.15) is 11.7 Å². The van der Waals surface area contributed by atoms with Crippen molar-refractivity contribution >= 4 is 0 Å². The lowest BCUT2D eigenvalue weighted by atomic mass is 9.57. The highest BCUT2D eigenvalue weighted by molar-refractivity contribution is 5.22. The lowest BCUT2D eigenvalue weighted by molar-refractivity contribution is -0.299. The van der Waals surface area contributed by atoms with Crippen LogP contribution < -0.4 is 0 Å². The predicted octanol–water partition coefficient (Wildman–Crippen LogP) is 7.86. The van der Waals surface area contributed by atoms with E-state index in [4.69, 9.17) is 33.2 Å². The molecule has 0 radical (unpaired) electrons. The maximum atomic E-state index is 7.25. The molecule has 3 aliphatic rings. The number of fused-ring (bicyclic) bond motifs is 3. The van der Waals surface area contributed by atoms with Gasteiger partial charge in [0.25, 0.3) is 0 Å². The van der Waals surface area contributed by atoms with Gasteiger partial charge in [-0.05, 0) is 36.1 Å². The summed E-state index contributed by atoms with van der Waals surface area (Å²) in [7, 11) is 0. The molecule has 2 saturated heterocycles. The highest BCUT2D eigenvalue weighted by Crippen LogP contribution is 2.59. The maximum Gasteiger partial charge on any atom is 0.190 e. The molecule has 49 heavy (non-hydrogen) atoms. The Morgan fingerprint density at radius 1 is 0.612 bits per heavy atom. The second-order valence-electron chi connectivity index (χ2n) is 14.2. The first-order valence-corrected chi connectivity index (χ1v) is 17.4. The fourth-order valence-corrected chi connectivity index (χ4v) is 7.89. The van der Waals surface area contributed by atoms with Crippen LogP contribution in [-0.4, -0.2) is 49.2 Å². The van der Waals surface area contributed by atoms with Crippen molar-refractivity contribution in [3.8, 4) is 0 Å². The molecule has 2 aliphatic heterocycles. The molecule has 0 amide bonds. The van der Waals surface area contributed by atoms with Gasteiger partial charge in [0, 0.05) is 17.8 Å². The van der Waals surface area contributed by atoms with Gasteiger partial charge in [0.15, 0.2) is 12.1 Å². The Balaban J connectivity index is 1.27. The first-order valence-electron chi connectivity index (χ1n) is 17.4. The van der Waals surface area contributed by atoms with Gasteiger partial charge in [0.2, 0.25) is 0 Å². The van der Waals surface area contributed by atoms with Crippen LogP contribution in [0, 0.1) is 11.3 Å². The van der Waals surface area contributed by atoms with E-state index < -0.39 is 29.2 Å². The molecule has 2 heterocycles. The Hall–Kier alpha value is -3.40. The van der Waals surface area contributed by atoms with E-state index in [9.17, 15) is 0 Å². The van der Waals surface area contributed by atoms with Crippen LogP contribution in [0.1, 0.15) is 49.4 Å². The number of ether oxygens (including phenoxy) is 7. The molecule has 4 aromatic rings. The topological polar surface area (TPSA) is 64.6 Å². The Kier molecular flexibility index (Phi) is 10.3. The van der Waals surface area contributed by atoms with Crippen molar-refractivity contribution in [3.63, 3.8) is 0 Å². The van der Waals surface area contributed by atoms with Crippen LogP contribution in [0.2, 0.25) is 0 Å².